The van der Waals surface area contributed by atoms with E-state index in [4.69, 9.17) is 0 Å². The van der Waals surface area contributed by atoms with Gasteiger partial charge in [-0.2, -0.15) is 0 Å². The van der Waals surface area contributed by atoms with Gasteiger partial charge in [-0.15, -0.1) is 0 Å². The highest BCUT2D eigenvalue weighted by molar-refractivity contribution is 6.22. The van der Waals surface area contributed by atoms with Gasteiger partial charge in [-0.05, 0) is 30.0 Å². The minimum Gasteiger partial charge on any atom is -0.545 e. The van der Waals surface area contributed by atoms with Crippen LogP contribution >= 0.6 is 0 Å². The van der Waals surface area contributed by atoms with Gasteiger partial charge in [0.25, 0.3) is 0 Å². The molecule has 0 radical (unpaired) electrons. The lowest BCUT2D eigenvalue weighted by Gasteiger charge is -2.22. The first kappa shape index (κ1) is 13.5. The van der Waals surface area contributed by atoms with Gasteiger partial charge in [0.2, 0.25) is 11.8 Å². The van der Waals surface area contributed by atoms with E-state index in [0.29, 0.717) is 12.1 Å². The maximum Gasteiger partial charge on any atom is 0.238 e. The van der Waals surface area contributed by atoms with E-state index in [1.165, 1.54) is 18.2 Å². The van der Waals surface area contributed by atoms with Crippen LogP contribution < -0.4 is 10.0 Å². The molecule has 108 valence electrons. The summed E-state index contributed by atoms with van der Waals surface area (Å²) < 4.78 is 0. The quantitative estimate of drug-likeness (QED) is 0.593. The summed E-state index contributed by atoms with van der Waals surface area (Å²) in [7, 11) is 0. The zero-order valence-electron chi connectivity index (χ0n) is 11.5. The Bertz CT molecular complexity index is 664. The van der Waals surface area contributed by atoms with Crippen molar-refractivity contribution in [1.82, 2.24) is 0 Å². The number of carbonyl (C=O) groups is 3. The first-order valence-electron chi connectivity index (χ1n) is 6.86. The maximum absolute atomic E-state index is 12.6. The van der Waals surface area contributed by atoms with Crippen LogP contribution in [0.25, 0.3) is 0 Å². The summed E-state index contributed by atoms with van der Waals surface area (Å²) in [4.78, 5) is 37.1. The second-order valence-electron chi connectivity index (χ2n) is 5.50. The molecule has 0 N–H and O–H groups in total. The fourth-order valence-corrected chi connectivity index (χ4v) is 3.17. The minimum absolute atomic E-state index is 0.00882. The molecule has 1 heterocycles. The van der Waals surface area contributed by atoms with Crippen LogP contribution in [-0.2, 0) is 9.59 Å². The van der Waals surface area contributed by atoms with Crippen molar-refractivity contribution < 1.29 is 19.5 Å². The number of imide groups is 1. The van der Waals surface area contributed by atoms with Crippen molar-refractivity contribution in [2.24, 2.45) is 17.8 Å². The van der Waals surface area contributed by atoms with Gasteiger partial charge in [-0.25, -0.2) is 0 Å². The van der Waals surface area contributed by atoms with Crippen molar-refractivity contribution in [3.05, 3.63) is 42.0 Å². The van der Waals surface area contributed by atoms with E-state index in [9.17, 15) is 19.5 Å². The van der Waals surface area contributed by atoms with Crippen molar-refractivity contribution in [2.45, 2.75) is 13.3 Å². The molecule has 3 atom stereocenters. The Morgan fingerprint density at radius 1 is 1.29 bits per heavy atom. The molecular formula is C16H14NO4-. The Kier molecular flexibility index (Phi) is 3.12. The third-order valence-electron chi connectivity index (χ3n) is 4.21. The number of benzene rings is 1. The summed E-state index contributed by atoms with van der Waals surface area (Å²) in [6.45, 7) is 1.92. The Labute approximate surface area is 121 Å². The van der Waals surface area contributed by atoms with Crippen LogP contribution in [0.1, 0.15) is 23.7 Å². The smallest absolute Gasteiger partial charge is 0.238 e. The molecule has 1 saturated heterocycles. The lowest BCUT2D eigenvalue weighted by molar-refractivity contribution is -0.255. The van der Waals surface area contributed by atoms with Crippen LogP contribution in [0.5, 0.6) is 0 Å². The van der Waals surface area contributed by atoms with Crippen molar-refractivity contribution >= 4 is 23.5 Å². The topological polar surface area (TPSA) is 77.5 Å². The van der Waals surface area contributed by atoms with Crippen molar-refractivity contribution in [1.29, 1.82) is 0 Å². The lowest BCUT2D eigenvalue weighted by Crippen LogP contribution is -2.32. The number of allylic oxidation sites excluding steroid dienone is 2. The number of aromatic carboxylic acids is 1. The zero-order valence-corrected chi connectivity index (χ0v) is 11.5. The van der Waals surface area contributed by atoms with Gasteiger partial charge in [0.05, 0.1) is 23.5 Å². The maximum atomic E-state index is 12.6. The van der Waals surface area contributed by atoms with Crippen LogP contribution in [0.4, 0.5) is 5.69 Å². The molecule has 2 aliphatic rings. The van der Waals surface area contributed by atoms with Crippen molar-refractivity contribution in [3.63, 3.8) is 0 Å². The molecule has 0 aromatic heterocycles. The molecule has 0 unspecified atom stereocenters. The van der Waals surface area contributed by atoms with E-state index in [1.807, 2.05) is 19.1 Å². The zero-order chi connectivity index (χ0) is 15.1. The monoisotopic (exact) mass is 284 g/mol. The first-order valence-corrected chi connectivity index (χ1v) is 6.86. The van der Waals surface area contributed by atoms with E-state index in [1.54, 1.807) is 6.07 Å². The van der Waals surface area contributed by atoms with Gasteiger partial charge in [-0.3, -0.25) is 14.5 Å². The van der Waals surface area contributed by atoms with E-state index < -0.39 is 5.97 Å². The Hall–Kier alpha value is -2.43. The molecule has 3 rings (SSSR count). The van der Waals surface area contributed by atoms with Gasteiger partial charge in [-0.1, -0.05) is 31.2 Å². The minimum atomic E-state index is -1.33. The normalized spacial score (nSPS) is 27.9. The third-order valence-corrected chi connectivity index (χ3v) is 4.21. The molecule has 2 amide bonds. The third kappa shape index (κ3) is 2.05. The summed E-state index contributed by atoms with van der Waals surface area (Å²) in [6, 6.07) is 5.75. The number of rotatable bonds is 2. The second kappa shape index (κ2) is 4.84. The molecule has 5 heteroatoms. The predicted octanol–water partition coefficient (Wildman–Crippen LogP) is 0.752. The van der Waals surface area contributed by atoms with Crippen LogP contribution in [-0.4, -0.2) is 17.8 Å². The summed E-state index contributed by atoms with van der Waals surface area (Å²) in [5.41, 5.74) is 0.252. The number of hydrogen-bond donors (Lipinski definition) is 0. The van der Waals surface area contributed by atoms with Crippen LogP contribution in [0, 0.1) is 17.8 Å². The van der Waals surface area contributed by atoms with Gasteiger partial charge in [0.15, 0.2) is 0 Å². The number of carboxylic acid groups (broad SMARTS) is 1. The predicted molar refractivity (Wildman–Crippen MR) is 73.2 cm³/mol. The fourth-order valence-electron chi connectivity index (χ4n) is 3.17. The average Bonchev–Trinajstić information content (AvgIpc) is 2.72. The Morgan fingerprint density at radius 2 is 2.05 bits per heavy atom. The highest BCUT2D eigenvalue weighted by atomic mass is 16.4. The van der Waals surface area contributed by atoms with Crippen LogP contribution in [0.3, 0.4) is 0 Å². The molecule has 1 aromatic carbocycles. The fraction of sp³-hybridized carbons (Fsp3) is 0.312. The molecule has 5 nitrogen and oxygen atoms in total. The lowest BCUT2D eigenvalue weighted by atomic mass is 9.78. The molecule has 21 heavy (non-hydrogen) atoms. The van der Waals surface area contributed by atoms with Gasteiger partial charge >= 0.3 is 0 Å². The number of fused-ring (bicyclic) bond motifs is 1. The highest BCUT2D eigenvalue weighted by Crippen LogP contribution is 2.40. The summed E-state index contributed by atoms with van der Waals surface area (Å²) in [5, 5.41) is 10.9. The average molecular weight is 284 g/mol. The van der Waals surface area contributed by atoms with Gasteiger partial charge in [0.1, 0.15) is 0 Å². The number of carboxylic acids is 1. The van der Waals surface area contributed by atoms with Crippen LogP contribution in [0.15, 0.2) is 36.4 Å². The van der Waals surface area contributed by atoms with E-state index in [2.05, 4.69) is 0 Å². The summed E-state index contributed by atoms with van der Waals surface area (Å²) in [5.74, 6) is -2.52. The van der Waals surface area contributed by atoms with Gasteiger partial charge < -0.3 is 9.90 Å². The summed E-state index contributed by atoms with van der Waals surface area (Å²) >= 11 is 0. The first-order chi connectivity index (χ1) is 10.0. The Balaban J connectivity index is 2.00. The molecule has 1 aliphatic heterocycles. The summed E-state index contributed by atoms with van der Waals surface area (Å²) in [6.07, 6.45) is 4.43. The number of nitrogens with zero attached hydrogens (tertiary/aromatic N) is 1. The number of anilines is 1. The Morgan fingerprint density at radius 3 is 2.71 bits per heavy atom. The van der Waals surface area contributed by atoms with Crippen molar-refractivity contribution in [2.75, 3.05) is 4.90 Å². The molecule has 1 aliphatic carbocycles. The van der Waals surface area contributed by atoms with Crippen molar-refractivity contribution in [3.8, 4) is 0 Å². The molecule has 1 fully saturated rings. The van der Waals surface area contributed by atoms with E-state index in [-0.39, 0.29) is 35.1 Å². The van der Waals surface area contributed by atoms with E-state index >= 15 is 0 Å². The second-order valence-corrected chi connectivity index (χ2v) is 5.50. The van der Waals surface area contributed by atoms with Gasteiger partial charge in [0, 0.05) is 0 Å². The standard InChI is InChI=1S/C16H15NO4/c1-9-4-2-7-12-13(9)15(19)17(14(12)18)11-6-3-5-10(8-11)16(20)21/h2-6,8-9,12-13H,7H2,1H3,(H,20,21)/p-1/t9-,12-,13+/m0/s1. The molecule has 0 saturated carbocycles. The molecule has 0 bridgehead atoms. The largest absolute Gasteiger partial charge is 0.545 e. The number of amides is 2. The van der Waals surface area contributed by atoms with E-state index in [0.717, 1.165) is 4.90 Å². The molecule has 0 spiro atoms. The molecule has 1 aromatic rings. The van der Waals surface area contributed by atoms with Crippen LogP contribution in [0.2, 0.25) is 0 Å². The molecular weight excluding hydrogens is 270 g/mol. The number of hydrogen-bond acceptors (Lipinski definition) is 4. The SMILES string of the molecule is C[C@H]1C=CC[C@@H]2C(=O)N(c3cccc(C(=O)[O-])c3)C(=O)[C@@H]21. The highest BCUT2D eigenvalue weighted by Gasteiger charge is 2.50. The number of carbonyl (C=O) groups excluding carboxylic acids is 3.